The third-order valence-electron chi connectivity index (χ3n) is 1.35. The summed E-state index contributed by atoms with van der Waals surface area (Å²) in [6, 6.07) is 5.93. The number of halogens is 1. The molecule has 0 bridgehead atoms. The second-order valence-electron chi connectivity index (χ2n) is 2.16. The first-order valence-electron chi connectivity index (χ1n) is 3.21. The van der Waals surface area contributed by atoms with Gasteiger partial charge in [-0.05, 0) is 12.1 Å². The average molecular weight is 186 g/mol. The Kier molecular flexibility index (Phi) is 2.52. The van der Waals surface area contributed by atoms with Crippen molar-refractivity contribution in [3.8, 4) is 0 Å². The maximum absolute atomic E-state index is 10.6. The zero-order chi connectivity index (χ0) is 9.14. The Morgan fingerprint density at radius 2 is 2.00 bits per heavy atom. The summed E-state index contributed by atoms with van der Waals surface area (Å²) >= 11 is 5.73. The Morgan fingerprint density at radius 1 is 1.42 bits per heavy atom. The Balaban J connectivity index is 3.02. The molecule has 0 fully saturated rings. The summed E-state index contributed by atoms with van der Waals surface area (Å²) in [7, 11) is 0. The van der Waals surface area contributed by atoms with Gasteiger partial charge in [-0.25, -0.2) is 15.6 Å². The summed E-state index contributed by atoms with van der Waals surface area (Å²) in [6.07, 6.45) is 0. The van der Waals surface area contributed by atoms with Crippen LogP contribution in [0.4, 0.5) is 10.5 Å². The molecule has 0 saturated heterocycles. The minimum Gasteiger partial charge on any atom is -0.350 e. The van der Waals surface area contributed by atoms with E-state index in [4.69, 9.17) is 23.2 Å². The Hall–Kier alpha value is -1.26. The highest BCUT2D eigenvalue weighted by Gasteiger charge is 2.09. The van der Waals surface area contributed by atoms with Crippen molar-refractivity contribution in [2.75, 3.05) is 5.01 Å². The molecule has 12 heavy (non-hydrogen) atoms. The number of para-hydroxylation sites is 1. The molecular weight excluding hydrogens is 178 g/mol. The minimum absolute atomic E-state index is 0.388. The van der Waals surface area contributed by atoms with Crippen LogP contribution in [0.2, 0.25) is 5.02 Å². The summed E-state index contributed by atoms with van der Waals surface area (Å²) in [5.41, 5.74) is 5.34. The minimum atomic E-state index is -0.747. The predicted molar refractivity (Wildman–Crippen MR) is 47.7 cm³/mol. The summed E-state index contributed by atoms with van der Waals surface area (Å²) in [5, 5.41) is 1.18. The van der Waals surface area contributed by atoms with Crippen LogP contribution in [0.15, 0.2) is 24.3 Å². The van der Waals surface area contributed by atoms with Gasteiger partial charge < -0.3 is 5.73 Å². The summed E-state index contributed by atoms with van der Waals surface area (Å²) in [5.74, 6) is 5.31. The first kappa shape index (κ1) is 8.83. The molecule has 4 nitrogen and oxygen atoms in total. The van der Waals surface area contributed by atoms with Crippen LogP contribution in [0.5, 0.6) is 0 Å². The molecule has 0 unspecified atom stereocenters. The second-order valence-corrected chi connectivity index (χ2v) is 2.57. The fraction of sp³-hybridized carbons (Fsp3) is 0. The molecule has 0 heterocycles. The monoisotopic (exact) mass is 185 g/mol. The molecule has 2 amide bonds. The lowest BCUT2D eigenvalue weighted by atomic mass is 10.3. The van der Waals surface area contributed by atoms with E-state index in [1.165, 1.54) is 0 Å². The zero-order valence-corrected chi connectivity index (χ0v) is 6.95. The van der Waals surface area contributed by atoms with Crippen LogP contribution in [0.25, 0.3) is 0 Å². The standard InChI is InChI=1S/C7H8ClN3O/c8-5-3-1-2-4-6(5)11(10)7(9)12/h1-4H,10H2,(H2,9,12). The van der Waals surface area contributed by atoms with E-state index in [0.717, 1.165) is 5.01 Å². The number of benzene rings is 1. The first-order chi connectivity index (χ1) is 5.63. The SMILES string of the molecule is NC(=O)N(N)c1ccccc1Cl. The lowest BCUT2D eigenvalue weighted by molar-refractivity contribution is 0.254. The highest BCUT2D eigenvalue weighted by Crippen LogP contribution is 2.22. The lowest BCUT2D eigenvalue weighted by Gasteiger charge is -2.14. The van der Waals surface area contributed by atoms with Gasteiger partial charge in [0.2, 0.25) is 0 Å². The molecule has 0 saturated carbocycles. The van der Waals surface area contributed by atoms with Gasteiger partial charge in [0.25, 0.3) is 0 Å². The van der Waals surface area contributed by atoms with Crippen molar-refractivity contribution in [3.63, 3.8) is 0 Å². The molecule has 0 aliphatic rings. The number of hydrazine groups is 1. The smallest absolute Gasteiger partial charge is 0.333 e. The van der Waals surface area contributed by atoms with Crippen LogP contribution >= 0.6 is 11.6 Å². The molecule has 64 valence electrons. The van der Waals surface area contributed by atoms with Crippen LogP contribution in [0.3, 0.4) is 0 Å². The normalized spacial score (nSPS) is 9.50. The number of nitrogens with zero attached hydrogens (tertiary/aromatic N) is 1. The molecule has 0 aliphatic heterocycles. The third kappa shape index (κ3) is 1.66. The van der Waals surface area contributed by atoms with Gasteiger partial charge in [-0.2, -0.15) is 0 Å². The number of amides is 2. The van der Waals surface area contributed by atoms with Crippen molar-refractivity contribution in [1.82, 2.24) is 0 Å². The van der Waals surface area contributed by atoms with Gasteiger partial charge >= 0.3 is 6.03 Å². The van der Waals surface area contributed by atoms with E-state index < -0.39 is 6.03 Å². The Morgan fingerprint density at radius 3 is 2.50 bits per heavy atom. The van der Waals surface area contributed by atoms with Gasteiger partial charge in [0.15, 0.2) is 0 Å². The molecule has 0 aliphatic carbocycles. The van der Waals surface area contributed by atoms with Crippen molar-refractivity contribution in [1.29, 1.82) is 0 Å². The lowest BCUT2D eigenvalue weighted by Crippen LogP contribution is -2.41. The van der Waals surface area contributed by atoms with E-state index in [0.29, 0.717) is 10.7 Å². The average Bonchev–Trinajstić information content (AvgIpc) is 2.04. The quantitative estimate of drug-likeness (QED) is 0.391. The topological polar surface area (TPSA) is 72.4 Å². The molecule has 1 aromatic carbocycles. The number of primary amides is 1. The van der Waals surface area contributed by atoms with Gasteiger partial charge in [0.1, 0.15) is 0 Å². The number of rotatable bonds is 1. The Bertz CT molecular complexity index is 302. The third-order valence-corrected chi connectivity index (χ3v) is 1.67. The van der Waals surface area contributed by atoms with Gasteiger partial charge in [-0.15, -0.1) is 0 Å². The van der Waals surface area contributed by atoms with Crippen molar-refractivity contribution < 1.29 is 4.79 Å². The predicted octanol–water partition coefficient (Wildman–Crippen LogP) is 1.10. The van der Waals surface area contributed by atoms with E-state index in [9.17, 15) is 4.79 Å². The molecule has 1 aromatic rings. The van der Waals surface area contributed by atoms with Crippen molar-refractivity contribution in [2.45, 2.75) is 0 Å². The molecule has 0 atom stereocenters. The van der Waals surface area contributed by atoms with Crippen molar-refractivity contribution >= 4 is 23.3 Å². The van der Waals surface area contributed by atoms with Crippen molar-refractivity contribution in [2.24, 2.45) is 11.6 Å². The first-order valence-corrected chi connectivity index (χ1v) is 3.59. The molecular formula is C7H8ClN3O. The van der Waals surface area contributed by atoms with Crippen LogP contribution in [0.1, 0.15) is 0 Å². The maximum Gasteiger partial charge on any atom is 0.333 e. The number of anilines is 1. The highest BCUT2D eigenvalue weighted by atomic mass is 35.5. The molecule has 4 N–H and O–H groups in total. The number of nitrogens with two attached hydrogens (primary N) is 2. The van der Waals surface area contributed by atoms with Crippen LogP contribution < -0.4 is 16.6 Å². The second kappa shape index (κ2) is 3.42. The summed E-state index contributed by atoms with van der Waals surface area (Å²) in [4.78, 5) is 10.6. The number of carbonyl (C=O) groups excluding carboxylic acids is 1. The van der Waals surface area contributed by atoms with Gasteiger partial charge in [0.05, 0.1) is 10.7 Å². The largest absolute Gasteiger partial charge is 0.350 e. The fourth-order valence-electron chi connectivity index (χ4n) is 0.766. The van der Waals surface area contributed by atoms with E-state index in [-0.39, 0.29) is 0 Å². The number of hydrogen-bond donors (Lipinski definition) is 2. The molecule has 1 rings (SSSR count). The molecule has 5 heteroatoms. The number of urea groups is 1. The molecule has 0 spiro atoms. The van der Waals surface area contributed by atoms with E-state index in [2.05, 4.69) is 0 Å². The van der Waals surface area contributed by atoms with E-state index in [1.54, 1.807) is 24.3 Å². The maximum atomic E-state index is 10.6. The summed E-state index contributed by atoms with van der Waals surface area (Å²) in [6.45, 7) is 0. The van der Waals surface area contributed by atoms with Gasteiger partial charge in [-0.1, -0.05) is 23.7 Å². The van der Waals surface area contributed by atoms with Crippen molar-refractivity contribution in [3.05, 3.63) is 29.3 Å². The number of carbonyl (C=O) groups is 1. The van der Waals surface area contributed by atoms with Crippen LogP contribution in [-0.2, 0) is 0 Å². The fourth-order valence-corrected chi connectivity index (χ4v) is 0.993. The zero-order valence-electron chi connectivity index (χ0n) is 6.20. The highest BCUT2D eigenvalue weighted by molar-refractivity contribution is 6.33. The van der Waals surface area contributed by atoms with E-state index >= 15 is 0 Å². The molecule has 0 radical (unpaired) electrons. The van der Waals surface area contributed by atoms with Gasteiger partial charge in [-0.3, -0.25) is 0 Å². The number of hydrogen-bond acceptors (Lipinski definition) is 2. The van der Waals surface area contributed by atoms with Crippen LogP contribution in [0, 0.1) is 0 Å². The summed E-state index contributed by atoms with van der Waals surface area (Å²) < 4.78 is 0. The molecule has 0 aromatic heterocycles. The van der Waals surface area contributed by atoms with E-state index in [1.807, 2.05) is 0 Å². The Labute approximate surface area is 74.7 Å². The van der Waals surface area contributed by atoms with Gasteiger partial charge in [0, 0.05) is 0 Å². The van der Waals surface area contributed by atoms with Crippen LogP contribution in [-0.4, -0.2) is 6.03 Å².